The van der Waals surface area contributed by atoms with Crippen molar-refractivity contribution in [1.82, 2.24) is 10.9 Å². The molecule has 142 valence electrons. The Labute approximate surface area is 163 Å². The Balaban J connectivity index is 1.40. The SMILES string of the molecule is COc1cc2c(cc1O)C1NNC(c3ccc(-c4ccc(O)cc4)cc3)C1C2. The van der Waals surface area contributed by atoms with E-state index in [-0.39, 0.29) is 23.6 Å². The molecule has 5 nitrogen and oxygen atoms in total. The number of phenolic OH excluding ortho intramolecular Hbond substituents is 2. The van der Waals surface area contributed by atoms with Gasteiger partial charge in [0.05, 0.1) is 19.2 Å². The van der Waals surface area contributed by atoms with E-state index in [9.17, 15) is 10.2 Å². The molecule has 0 aromatic heterocycles. The van der Waals surface area contributed by atoms with E-state index in [0.717, 1.165) is 23.1 Å². The molecule has 1 fully saturated rings. The maximum atomic E-state index is 10.1. The van der Waals surface area contributed by atoms with Crippen LogP contribution in [0.15, 0.2) is 60.7 Å². The summed E-state index contributed by atoms with van der Waals surface area (Å²) in [7, 11) is 1.58. The first-order chi connectivity index (χ1) is 13.6. The van der Waals surface area contributed by atoms with Gasteiger partial charge in [-0.2, -0.15) is 0 Å². The molecule has 1 aliphatic carbocycles. The first kappa shape index (κ1) is 17.1. The molecule has 2 aliphatic rings. The van der Waals surface area contributed by atoms with Gasteiger partial charge < -0.3 is 14.9 Å². The summed E-state index contributed by atoms with van der Waals surface area (Å²) >= 11 is 0. The number of fused-ring (bicyclic) bond motifs is 3. The van der Waals surface area contributed by atoms with Crippen LogP contribution in [-0.4, -0.2) is 17.3 Å². The van der Waals surface area contributed by atoms with E-state index < -0.39 is 0 Å². The topological polar surface area (TPSA) is 73.8 Å². The lowest BCUT2D eigenvalue weighted by Crippen LogP contribution is -2.27. The number of hydrogen-bond donors (Lipinski definition) is 4. The number of benzene rings is 3. The van der Waals surface area contributed by atoms with Crippen molar-refractivity contribution in [2.75, 3.05) is 7.11 Å². The van der Waals surface area contributed by atoms with Gasteiger partial charge in [0.25, 0.3) is 0 Å². The van der Waals surface area contributed by atoms with Crippen molar-refractivity contribution in [3.63, 3.8) is 0 Å². The molecular formula is C23H22N2O3. The minimum Gasteiger partial charge on any atom is -0.508 e. The van der Waals surface area contributed by atoms with Crippen LogP contribution >= 0.6 is 0 Å². The van der Waals surface area contributed by atoms with Gasteiger partial charge in [-0.3, -0.25) is 0 Å². The Kier molecular flexibility index (Phi) is 4.00. The second-order valence-electron chi connectivity index (χ2n) is 7.50. The summed E-state index contributed by atoms with van der Waals surface area (Å²) < 4.78 is 5.26. The molecule has 3 atom stereocenters. The molecule has 28 heavy (non-hydrogen) atoms. The number of methoxy groups -OCH3 is 1. The molecule has 0 spiro atoms. The predicted octanol–water partition coefficient (Wildman–Crippen LogP) is 3.84. The standard InChI is InChI=1S/C23H22N2O3/c1-28-21-11-16-10-19-22(24-25-23(19)18(16)12-20(21)27)15-4-2-13(3-5-15)14-6-8-17(26)9-7-14/h2-9,11-12,19,22-27H,10H2,1H3. The van der Waals surface area contributed by atoms with Crippen LogP contribution in [0.3, 0.4) is 0 Å². The van der Waals surface area contributed by atoms with Crippen LogP contribution in [0.1, 0.15) is 28.8 Å². The number of aromatic hydroxyl groups is 2. The highest BCUT2D eigenvalue weighted by atomic mass is 16.5. The molecule has 4 N–H and O–H groups in total. The van der Waals surface area contributed by atoms with Crippen LogP contribution in [-0.2, 0) is 6.42 Å². The quantitative estimate of drug-likeness (QED) is 0.561. The second-order valence-corrected chi connectivity index (χ2v) is 7.50. The van der Waals surface area contributed by atoms with E-state index in [4.69, 9.17) is 4.74 Å². The maximum Gasteiger partial charge on any atom is 0.160 e. The normalized spacial score (nSPS) is 22.7. The van der Waals surface area contributed by atoms with E-state index in [1.807, 2.05) is 24.3 Å². The lowest BCUT2D eigenvalue weighted by molar-refractivity contribution is 0.372. The molecule has 1 saturated heterocycles. The van der Waals surface area contributed by atoms with Crippen LogP contribution < -0.4 is 15.6 Å². The fraction of sp³-hybridized carbons (Fsp3) is 0.217. The molecule has 0 bridgehead atoms. The van der Waals surface area contributed by atoms with E-state index in [0.29, 0.717) is 11.7 Å². The van der Waals surface area contributed by atoms with E-state index in [1.165, 1.54) is 11.1 Å². The van der Waals surface area contributed by atoms with Gasteiger partial charge in [-0.15, -0.1) is 0 Å². The van der Waals surface area contributed by atoms with Crippen molar-refractivity contribution in [2.45, 2.75) is 18.5 Å². The van der Waals surface area contributed by atoms with Gasteiger partial charge in [0, 0.05) is 5.92 Å². The van der Waals surface area contributed by atoms with Crippen molar-refractivity contribution in [3.05, 3.63) is 77.4 Å². The van der Waals surface area contributed by atoms with Crippen LogP contribution in [0.25, 0.3) is 11.1 Å². The summed E-state index contributed by atoms with van der Waals surface area (Å²) in [5.74, 6) is 1.36. The Morgan fingerprint density at radius 1 is 0.857 bits per heavy atom. The monoisotopic (exact) mass is 374 g/mol. The summed E-state index contributed by atoms with van der Waals surface area (Å²) in [6, 6.07) is 19.9. The predicted molar refractivity (Wildman–Crippen MR) is 107 cm³/mol. The summed E-state index contributed by atoms with van der Waals surface area (Å²) in [4.78, 5) is 0. The number of hydrazine groups is 1. The molecular weight excluding hydrogens is 352 g/mol. The molecule has 0 radical (unpaired) electrons. The molecule has 1 heterocycles. The summed E-state index contributed by atoms with van der Waals surface area (Å²) in [6.45, 7) is 0. The van der Waals surface area contributed by atoms with E-state index in [1.54, 1.807) is 19.2 Å². The third-order valence-corrected chi connectivity index (χ3v) is 5.95. The number of nitrogens with one attached hydrogen (secondary N) is 2. The maximum absolute atomic E-state index is 10.1. The molecule has 5 rings (SSSR count). The lowest BCUT2D eigenvalue weighted by Gasteiger charge is -2.18. The van der Waals surface area contributed by atoms with Crippen molar-refractivity contribution in [3.8, 4) is 28.4 Å². The minimum atomic E-state index is 0.175. The highest BCUT2D eigenvalue weighted by molar-refractivity contribution is 5.64. The Morgan fingerprint density at radius 3 is 2.18 bits per heavy atom. The number of hydrogen-bond acceptors (Lipinski definition) is 5. The summed E-state index contributed by atoms with van der Waals surface area (Å²) in [5, 5.41) is 19.6. The van der Waals surface area contributed by atoms with Crippen LogP contribution in [0.2, 0.25) is 0 Å². The van der Waals surface area contributed by atoms with Crippen molar-refractivity contribution in [1.29, 1.82) is 0 Å². The zero-order chi connectivity index (χ0) is 19.3. The molecule has 3 unspecified atom stereocenters. The number of phenols is 2. The molecule has 3 aromatic rings. The van der Waals surface area contributed by atoms with Gasteiger partial charge in [0.2, 0.25) is 0 Å². The molecule has 0 amide bonds. The highest BCUT2D eigenvalue weighted by Gasteiger charge is 2.43. The molecule has 5 heteroatoms. The van der Waals surface area contributed by atoms with Gasteiger partial charge >= 0.3 is 0 Å². The third-order valence-electron chi connectivity index (χ3n) is 5.95. The average Bonchev–Trinajstić information content (AvgIpc) is 3.27. The largest absolute Gasteiger partial charge is 0.508 e. The van der Waals surface area contributed by atoms with Gasteiger partial charge in [-0.1, -0.05) is 36.4 Å². The second kappa shape index (κ2) is 6.55. The Morgan fingerprint density at radius 2 is 1.50 bits per heavy atom. The van der Waals surface area contributed by atoms with Crippen molar-refractivity contribution in [2.24, 2.45) is 5.92 Å². The van der Waals surface area contributed by atoms with Gasteiger partial charge in [0.1, 0.15) is 5.75 Å². The van der Waals surface area contributed by atoms with Crippen molar-refractivity contribution < 1.29 is 14.9 Å². The van der Waals surface area contributed by atoms with Crippen molar-refractivity contribution >= 4 is 0 Å². The Bertz CT molecular complexity index is 1020. The molecule has 3 aromatic carbocycles. The molecule has 1 aliphatic heterocycles. The van der Waals surface area contributed by atoms with Gasteiger partial charge in [0.15, 0.2) is 11.5 Å². The lowest BCUT2D eigenvalue weighted by atomic mass is 9.89. The van der Waals surface area contributed by atoms with Crippen LogP contribution in [0, 0.1) is 5.92 Å². The van der Waals surface area contributed by atoms with E-state index >= 15 is 0 Å². The Hall–Kier alpha value is -3.02. The first-order valence-corrected chi connectivity index (χ1v) is 9.44. The first-order valence-electron chi connectivity index (χ1n) is 9.44. The fourth-order valence-electron chi connectivity index (χ4n) is 4.51. The number of ether oxygens (including phenoxy) is 1. The van der Waals surface area contributed by atoms with Gasteiger partial charge in [-0.05, 0) is 58.5 Å². The fourth-order valence-corrected chi connectivity index (χ4v) is 4.51. The number of rotatable bonds is 3. The summed E-state index contributed by atoms with van der Waals surface area (Å²) in [6.07, 6.45) is 0.932. The minimum absolute atomic E-state index is 0.175. The zero-order valence-corrected chi connectivity index (χ0v) is 15.5. The van der Waals surface area contributed by atoms with Crippen LogP contribution in [0.5, 0.6) is 17.2 Å². The van der Waals surface area contributed by atoms with Gasteiger partial charge in [-0.25, -0.2) is 10.9 Å². The average molecular weight is 374 g/mol. The highest BCUT2D eigenvalue weighted by Crippen LogP contribution is 2.48. The summed E-state index contributed by atoms with van der Waals surface area (Å²) in [5.41, 5.74) is 12.6. The zero-order valence-electron chi connectivity index (χ0n) is 15.5. The third kappa shape index (κ3) is 2.71. The van der Waals surface area contributed by atoms with Crippen LogP contribution in [0.4, 0.5) is 0 Å². The smallest absolute Gasteiger partial charge is 0.160 e. The molecule has 0 saturated carbocycles. The van der Waals surface area contributed by atoms with E-state index in [2.05, 4.69) is 35.1 Å².